The third-order valence-corrected chi connectivity index (χ3v) is 3.67. The van der Waals surface area contributed by atoms with Gasteiger partial charge in [0, 0.05) is 25.6 Å². The van der Waals surface area contributed by atoms with Crippen molar-refractivity contribution in [2.45, 2.75) is 32.9 Å². The number of aromatic amines is 1. The molecule has 0 unspecified atom stereocenters. The topological polar surface area (TPSA) is 64.3 Å². The SMILES string of the molecule is Cc1nc2c([nH]1)CN(C(=O)NC[C@@H](C)N(C)C)CC2. The number of likely N-dealkylation sites (N-methyl/N-ethyl adjacent to an activating group) is 1. The number of hydrogen-bond acceptors (Lipinski definition) is 3. The summed E-state index contributed by atoms with van der Waals surface area (Å²) in [5.41, 5.74) is 2.17. The number of carbonyl (C=O) groups is 1. The lowest BCUT2D eigenvalue weighted by Crippen LogP contribution is -2.46. The van der Waals surface area contributed by atoms with Crippen LogP contribution in [-0.2, 0) is 13.0 Å². The van der Waals surface area contributed by atoms with E-state index in [4.69, 9.17) is 0 Å². The van der Waals surface area contributed by atoms with Crippen LogP contribution in [-0.4, -0.2) is 59.0 Å². The highest BCUT2D eigenvalue weighted by Gasteiger charge is 2.23. The van der Waals surface area contributed by atoms with Gasteiger partial charge in [0.15, 0.2) is 0 Å². The van der Waals surface area contributed by atoms with Gasteiger partial charge in [0.05, 0.1) is 17.9 Å². The molecule has 0 bridgehead atoms. The molecule has 106 valence electrons. The quantitative estimate of drug-likeness (QED) is 0.847. The van der Waals surface area contributed by atoms with E-state index < -0.39 is 0 Å². The minimum Gasteiger partial charge on any atom is -0.344 e. The lowest BCUT2D eigenvalue weighted by molar-refractivity contribution is 0.187. The maximum Gasteiger partial charge on any atom is 0.317 e. The van der Waals surface area contributed by atoms with Gasteiger partial charge in [-0.25, -0.2) is 9.78 Å². The van der Waals surface area contributed by atoms with Gasteiger partial charge >= 0.3 is 6.03 Å². The Morgan fingerprint density at radius 1 is 1.58 bits per heavy atom. The highest BCUT2D eigenvalue weighted by molar-refractivity contribution is 5.74. The largest absolute Gasteiger partial charge is 0.344 e. The fraction of sp³-hybridized carbons (Fsp3) is 0.692. The van der Waals surface area contributed by atoms with E-state index in [9.17, 15) is 4.79 Å². The van der Waals surface area contributed by atoms with E-state index in [1.807, 2.05) is 25.9 Å². The molecule has 2 heterocycles. The molecule has 6 heteroatoms. The fourth-order valence-corrected chi connectivity index (χ4v) is 2.14. The molecule has 1 aromatic heterocycles. The van der Waals surface area contributed by atoms with Crippen LogP contribution in [0.4, 0.5) is 4.79 Å². The van der Waals surface area contributed by atoms with Crippen LogP contribution in [0.3, 0.4) is 0 Å². The molecule has 6 nitrogen and oxygen atoms in total. The molecule has 1 atom stereocenters. The summed E-state index contributed by atoms with van der Waals surface area (Å²) in [6.45, 7) is 6.06. The van der Waals surface area contributed by atoms with Crippen molar-refractivity contribution in [3.63, 3.8) is 0 Å². The Balaban J connectivity index is 1.88. The Kier molecular flexibility index (Phi) is 4.09. The summed E-state index contributed by atoms with van der Waals surface area (Å²) in [5.74, 6) is 0.925. The van der Waals surface area contributed by atoms with Gasteiger partial charge in [-0.3, -0.25) is 0 Å². The van der Waals surface area contributed by atoms with E-state index in [1.54, 1.807) is 0 Å². The number of nitrogens with zero attached hydrogens (tertiary/aromatic N) is 3. The van der Waals surface area contributed by atoms with E-state index in [0.29, 0.717) is 19.1 Å². The Hall–Kier alpha value is -1.56. The minimum absolute atomic E-state index is 0.00611. The predicted octanol–water partition coefficient (Wildman–Crippen LogP) is 0.736. The molecule has 2 rings (SSSR count). The van der Waals surface area contributed by atoms with Gasteiger partial charge in [0.25, 0.3) is 0 Å². The summed E-state index contributed by atoms with van der Waals surface area (Å²) >= 11 is 0. The number of aromatic nitrogens is 2. The van der Waals surface area contributed by atoms with Crippen LogP contribution in [0, 0.1) is 6.92 Å². The molecule has 2 N–H and O–H groups in total. The zero-order chi connectivity index (χ0) is 14.0. The summed E-state index contributed by atoms with van der Waals surface area (Å²) in [7, 11) is 4.02. The molecule has 1 aromatic rings. The van der Waals surface area contributed by atoms with Gasteiger partial charge < -0.3 is 20.1 Å². The molecule has 19 heavy (non-hydrogen) atoms. The number of carbonyl (C=O) groups excluding carboxylic acids is 1. The number of aryl methyl sites for hydroxylation is 1. The Morgan fingerprint density at radius 3 is 3.00 bits per heavy atom. The summed E-state index contributed by atoms with van der Waals surface area (Å²) in [6, 6.07) is 0.338. The molecule has 2 amide bonds. The van der Waals surface area contributed by atoms with Gasteiger partial charge in [0.1, 0.15) is 5.82 Å². The molecule has 0 spiro atoms. The summed E-state index contributed by atoms with van der Waals surface area (Å²) in [6.07, 6.45) is 0.830. The molecule has 0 radical (unpaired) electrons. The Morgan fingerprint density at radius 2 is 2.32 bits per heavy atom. The van der Waals surface area contributed by atoms with Crippen molar-refractivity contribution in [2.24, 2.45) is 0 Å². The average molecular weight is 265 g/mol. The van der Waals surface area contributed by atoms with Gasteiger partial charge in [-0.15, -0.1) is 0 Å². The van der Waals surface area contributed by atoms with E-state index in [0.717, 1.165) is 30.2 Å². The second kappa shape index (κ2) is 5.61. The first-order valence-corrected chi connectivity index (χ1v) is 6.71. The molecule has 0 aromatic carbocycles. The summed E-state index contributed by atoms with van der Waals surface area (Å²) in [4.78, 5) is 23.7. The lowest BCUT2D eigenvalue weighted by Gasteiger charge is -2.28. The van der Waals surface area contributed by atoms with E-state index in [1.165, 1.54) is 0 Å². The maximum atomic E-state index is 12.1. The standard InChI is InChI=1S/C13H23N5O/c1-9(17(3)4)7-14-13(19)18-6-5-11-12(8-18)16-10(2)15-11/h9H,5-8H2,1-4H3,(H,14,19)(H,15,16)/t9-/m1/s1. The van der Waals surface area contributed by atoms with Crippen LogP contribution in [0.25, 0.3) is 0 Å². The van der Waals surface area contributed by atoms with Crippen molar-refractivity contribution < 1.29 is 4.79 Å². The Bertz CT molecular complexity index is 454. The molecular formula is C13H23N5O. The summed E-state index contributed by atoms with van der Waals surface area (Å²) in [5, 5.41) is 2.98. The minimum atomic E-state index is 0.00611. The van der Waals surface area contributed by atoms with Gasteiger partial charge in [0.2, 0.25) is 0 Å². The van der Waals surface area contributed by atoms with Crippen molar-refractivity contribution in [3.8, 4) is 0 Å². The lowest BCUT2D eigenvalue weighted by atomic mass is 10.1. The molecule has 0 fully saturated rings. The monoisotopic (exact) mass is 265 g/mol. The number of hydrogen-bond donors (Lipinski definition) is 2. The molecule has 0 saturated carbocycles. The molecule has 0 saturated heterocycles. The van der Waals surface area contributed by atoms with Crippen LogP contribution >= 0.6 is 0 Å². The molecule has 0 aliphatic carbocycles. The van der Waals surface area contributed by atoms with Crippen LogP contribution < -0.4 is 5.32 Å². The first kappa shape index (κ1) is 13.9. The first-order valence-electron chi connectivity index (χ1n) is 6.71. The van der Waals surface area contributed by atoms with Crippen LogP contribution in [0.1, 0.15) is 24.1 Å². The fourth-order valence-electron chi connectivity index (χ4n) is 2.14. The highest BCUT2D eigenvalue weighted by Crippen LogP contribution is 2.16. The van der Waals surface area contributed by atoms with E-state index in [-0.39, 0.29) is 6.03 Å². The zero-order valence-electron chi connectivity index (χ0n) is 12.2. The number of fused-ring (bicyclic) bond motifs is 1. The van der Waals surface area contributed by atoms with E-state index >= 15 is 0 Å². The number of nitrogens with one attached hydrogen (secondary N) is 2. The van der Waals surface area contributed by atoms with Gasteiger partial charge in [-0.05, 0) is 27.9 Å². The van der Waals surface area contributed by atoms with Crippen LogP contribution in [0.5, 0.6) is 0 Å². The zero-order valence-corrected chi connectivity index (χ0v) is 12.2. The number of imidazole rings is 1. The van der Waals surface area contributed by atoms with Crippen molar-refractivity contribution in [1.82, 2.24) is 25.1 Å². The first-order chi connectivity index (χ1) is 8.97. The molecular weight excluding hydrogens is 242 g/mol. The van der Waals surface area contributed by atoms with Crippen molar-refractivity contribution in [3.05, 3.63) is 17.2 Å². The number of H-pyrrole nitrogens is 1. The smallest absolute Gasteiger partial charge is 0.317 e. The number of amides is 2. The van der Waals surface area contributed by atoms with Gasteiger partial charge in [-0.2, -0.15) is 0 Å². The normalized spacial score (nSPS) is 16.4. The van der Waals surface area contributed by atoms with Crippen molar-refractivity contribution >= 4 is 6.03 Å². The molecule has 1 aliphatic heterocycles. The van der Waals surface area contributed by atoms with E-state index in [2.05, 4.69) is 27.1 Å². The number of rotatable bonds is 3. The second-order valence-electron chi connectivity index (χ2n) is 5.42. The van der Waals surface area contributed by atoms with Gasteiger partial charge in [-0.1, -0.05) is 0 Å². The van der Waals surface area contributed by atoms with Crippen LogP contribution in [0.2, 0.25) is 0 Å². The van der Waals surface area contributed by atoms with Crippen molar-refractivity contribution in [2.75, 3.05) is 27.2 Å². The van der Waals surface area contributed by atoms with Crippen LogP contribution in [0.15, 0.2) is 0 Å². The second-order valence-corrected chi connectivity index (χ2v) is 5.42. The average Bonchev–Trinajstić information content (AvgIpc) is 2.74. The third-order valence-electron chi connectivity index (χ3n) is 3.67. The van der Waals surface area contributed by atoms with Crippen molar-refractivity contribution in [1.29, 1.82) is 0 Å². The molecule has 1 aliphatic rings. The summed E-state index contributed by atoms with van der Waals surface area (Å²) < 4.78 is 0. The number of urea groups is 1. The highest BCUT2D eigenvalue weighted by atomic mass is 16.2. The Labute approximate surface area is 114 Å². The third kappa shape index (κ3) is 3.26. The maximum absolute atomic E-state index is 12.1. The predicted molar refractivity (Wildman–Crippen MR) is 74.0 cm³/mol.